The first kappa shape index (κ1) is 24.5. The third-order valence-corrected chi connectivity index (χ3v) is 6.33. The molecule has 0 saturated carbocycles. The molecule has 1 N–H and O–H groups in total. The topological polar surface area (TPSA) is 93.4 Å². The highest BCUT2D eigenvalue weighted by Gasteiger charge is 2.31. The minimum absolute atomic E-state index is 0.127. The number of halogens is 2. The third-order valence-electron chi connectivity index (χ3n) is 6.04. The number of nitrogens with zero attached hydrogens (tertiary/aromatic N) is 4. The molecular formula is C27H23ClFN5O3. The second-order valence-corrected chi connectivity index (χ2v) is 8.89. The molecule has 1 saturated heterocycles. The van der Waals surface area contributed by atoms with E-state index in [9.17, 15) is 9.18 Å². The zero-order chi connectivity index (χ0) is 25.8. The van der Waals surface area contributed by atoms with Crippen molar-refractivity contribution in [2.75, 3.05) is 11.9 Å². The SMILES string of the molecule is C=CC(=O)N1CCCC1c1cc(-c2cncnc2Nc2ccc(OCc3cccc(F)c3)c(Cl)c2)on1. The number of carbonyl (C=O) groups is 1. The normalized spacial score (nSPS) is 15.0. The molecule has 8 nitrogen and oxygen atoms in total. The van der Waals surface area contributed by atoms with Crippen molar-refractivity contribution in [2.24, 2.45) is 0 Å². The lowest BCUT2D eigenvalue weighted by atomic mass is 10.1. The van der Waals surface area contributed by atoms with Gasteiger partial charge < -0.3 is 19.5 Å². The molecule has 188 valence electrons. The first-order valence-corrected chi connectivity index (χ1v) is 12.0. The van der Waals surface area contributed by atoms with E-state index in [4.69, 9.17) is 20.9 Å². The largest absolute Gasteiger partial charge is 0.487 e. The Morgan fingerprint density at radius 2 is 2.19 bits per heavy atom. The summed E-state index contributed by atoms with van der Waals surface area (Å²) in [5.74, 6) is 0.981. The van der Waals surface area contributed by atoms with E-state index in [0.717, 1.165) is 12.8 Å². The van der Waals surface area contributed by atoms with Crippen LogP contribution in [-0.2, 0) is 11.4 Å². The Hall–Kier alpha value is -4.24. The Kier molecular flexibility index (Phi) is 7.14. The average Bonchev–Trinajstić information content (AvgIpc) is 3.58. The van der Waals surface area contributed by atoms with Gasteiger partial charge in [-0.1, -0.05) is 35.5 Å². The fourth-order valence-corrected chi connectivity index (χ4v) is 4.49. The molecule has 2 aromatic carbocycles. The molecule has 4 aromatic rings. The minimum atomic E-state index is -0.322. The first-order valence-electron chi connectivity index (χ1n) is 11.7. The number of benzene rings is 2. The van der Waals surface area contributed by atoms with Gasteiger partial charge in [0.2, 0.25) is 5.91 Å². The van der Waals surface area contributed by atoms with Crippen molar-refractivity contribution in [1.29, 1.82) is 0 Å². The van der Waals surface area contributed by atoms with Crippen LogP contribution in [0.25, 0.3) is 11.3 Å². The third kappa shape index (κ3) is 5.46. The van der Waals surface area contributed by atoms with Gasteiger partial charge in [-0.15, -0.1) is 0 Å². The summed E-state index contributed by atoms with van der Waals surface area (Å²) in [6.07, 6.45) is 6.04. The summed E-state index contributed by atoms with van der Waals surface area (Å²) < 4.78 is 24.8. The molecule has 1 atom stereocenters. The number of hydrogen-bond donors (Lipinski definition) is 1. The van der Waals surface area contributed by atoms with Crippen molar-refractivity contribution in [3.8, 4) is 17.1 Å². The summed E-state index contributed by atoms with van der Waals surface area (Å²) in [6, 6.07) is 13.1. The molecule has 0 spiro atoms. The Balaban J connectivity index is 1.32. The van der Waals surface area contributed by atoms with Crippen LogP contribution in [0, 0.1) is 5.82 Å². The number of hydrogen-bond acceptors (Lipinski definition) is 7. The molecule has 1 aliphatic rings. The highest BCUT2D eigenvalue weighted by molar-refractivity contribution is 6.32. The molecule has 1 aliphatic heterocycles. The van der Waals surface area contributed by atoms with Crippen LogP contribution in [0.15, 0.2) is 78.2 Å². The molecule has 2 aromatic heterocycles. The standard InChI is InChI=1S/C27H23ClFN5O3/c1-2-26(35)34-10-4-7-23(34)22-13-25(37-33-22)20-14-30-16-31-27(20)32-19-8-9-24(21(28)12-19)36-15-17-5-3-6-18(29)11-17/h2-3,5-6,8-9,11-14,16,23H,1,4,7,10,15H2,(H,30,31,32). The van der Waals surface area contributed by atoms with Gasteiger partial charge in [0.25, 0.3) is 0 Å². The maximum atomic E-state index is 13.4. The van der Waals surface area contributed by atoms with Gasteiger partial charge in [0.05, 0.1) is 16.6 Å². The van der Waals surface area contributed by atoms with E-state index in [1.54, 1.807) is 47.5 Å². The summed E-state index contributed by atoms with van der Waals surface area (Å²) in [5, 5.41) is 7.83. The van der Waals surface area contributed by atoms with Crippen molar-refractivity contribution in [2.45, 2.75) is 25.5 Å². The van der Waals surface area contributed by atoms with Gasteiger partial charge in [0, 0.05) is 24.5 Å². The van der Waals surface area contributed by atoms with Gasteiger partial charge >= 0.3 is 0 Å². The van der Waals surface area contributed by atoms with Crippen molar-refractivity contribution < 1.29 is 18.4 Å². The first-order chi connectivity index (χ1) is 18.0. The molecule has 5 rings (SSSR count). The summed E-state index contributed by atoms with van der Waals surface area (Å²) in [4.78, 5) is 22.4. The van der Waals surface area contributed by atoms with Crippen LogP contribution < -0.4 is 10.1 Å². The molecule has 0 bridgehead atoms. The molecule has 10 heteroatoms. The number of nitrogens with one attached hydrogen (secondary N) is 1. The molecule has 0 radical (unpaired) electrons. The van der Waals surface area contributed by atoms with Crippen LogP contribution in [0.4, 0.5) is 15.9 Å². The molecule has 0 aliphatic carbocycles. The predicted molar refractivity (Wildman–Crippen MR) is 137 cm³/mol. The average molecular weight is 520 g/mol. The predicted octanol–water partition coefficient (Wildman–Crippen LogP) is 6.10. The number of aromatic nitrogens is 3. The van der Waals surface area contributed by atoms with Crippen molar-refractivity contribution in [1.82, 2.24) is 20.0 Å². The Labute approximate surface area is 217 Å². The maximum Gasteiger partial charge on any atom is 0.246 e. The van der Waals surface area contributed by atoms with Gasteiger partial charge in [-0.05, 0) is 54.8 Å². The van der Waals surface area contributed by atoms with Crippen molar-refractivity contribution >= 4 is 29.0 Å². The van der Waals surface area contributed by atoms with Gasteiger partial charge in [0.1, 0.15) is 36.0 Å². The number of amides is 1. The zero-order valence-corrected chi connectivity index (χ0v) is 20.5. The fourth-order valence-electron chi connectivity index (χ4n) is 4.26. The van der Waals surface area contributed by atoms with E-state index in [2.05, 4.69) is 27.0 Å². The van der Waals surface area contributed by atoms with E-state index in [0.29, 0.717) is 51.4 Å². The molecule has 1 amide bonds. The van der Waals surface area contributed by atoms with Crippen LogP contribution in [0.1, 0.15) is 30.1 Å². The maximum absolute atomic E-state index is 13.4. The number of ether oxygens (including phenoxy) is 1. The molecule has 3 heterocycles. The van der Waals surface area contributed by atoms with Crippen molar-refractivity contribution in [3.63, 3.8) is 0 Å². The fraction of sp³-hybridized carbons (Fsp3) is 0.185. The monoisotopic (exact) mass is 519 g/mol. The molecule has 37 heavy (non-hydrogen) atoms. The summed E-state index contributed by atoms with van der Waals surface area (Å²) >= 11 is 6.44. The highest BCUT2D eigenvalue weighted by Crippen LogP contribution is 2.36. The van der Waals surface area contributed by atoms with Crippen LogP contribution >= 0.6 is 11.6 Å². The van der Waals surface area contributed by atoms with Gasteiger partial charge in [0.15, 0.2) is 5.76 Å². The summed E-state index contributed by atoms with van der Waals surface area (Å²) in [7, 11) is 0. The summed E-state index contributed by atoms with van der Waals surface area (Å²) in [5.41, 5.74) is 2.63. The van der Waals surface area contributed by atoms with Crippen LogP contribution in [0.5, 0.6) is 5.75 Å². The number of likely N-dealkylation sites (tertiary alicyclic amines) is 1. The lowest BCUT2D eigenvalue weighted by Gasteiger charge is -2.21. The minimum Gasteiger partial charge on any atom is -0.487 e. The van der Waals surface area contributed by atoms with Crippen molar-refractivity contribution in [3.05, 3.63) is 95.8 Å². The van der Waals surface area contributed by atoms with Crippen LogP contribution in [-0.4, -0.2) is 32.5 Å². The molecule has 1 fully saturated rings. The van der Waals surface area contributed by atoms with E-state index >= 15 is 0 Å². The highest BCUT2D eigenvalue weighted by atomic mass is 35.5. The van der Waals surface area contributed by atoms with Crippen LogP contribution in [0.2, 0.25) is 5.02 Å². The quantitative estimate of drug-likeness (QED) is 0.281. The second kappa shape index (κ2) is 10.8. The number of anilines is 2. The van der Waals surface area contributed by atoms with E-state index in [-0.39, 0.29) is 24.4 Å². The van der Waals surface area contributed by atoms with Gasteiger partial charge in [-0.2, -0.15) is 0 Å². The van der Waals surface area contributed by atoms with Crippen LogP contribution in [0.3, 0.4) is 0 Å². The Bertz CT molecular complexity index is 1440. The lowest BCUT2D eigenvalue weighted by Crippen LogP contribution is -2.28. The Morgan fingerprint density at radius 3 is 3.00 bits per heavy atom. The lowest BCUT2D eigenvalue weighted by molar-refractivity contribution is -0.127. The number of rotatable bonds is 8. The van der Waals surface area contributed by atoms with Gasteiger partial charge in [-0.25, -0.2) is 14.4 Å². The van der Waals surface area contributed by atoms with E-state index in [1.165, 1.54) is 24.5 Å². The number of carbonyl (C=O) groups excluding carboxylic acids is 1. The molecular weight excluding hydrogens is 497 g/mol. The van der Waals surface area contributed by atoms with Gasteiger partial charge in [-0.3, -0.25) is 4.79 Å². The van der Waals surface area contributed by atoms with E-state index in [1.807, 2.05) is 0 Å². The Morgan fingerprint density at radius 1 is 1.30 bits per heavy atom. The smallest absolute Gasteiger partial charge is 0.246 e. The molecule has 1 unspecified atom stereocenters. The van der Waals surface area contributed by atoms with E-state index < -0.39 is 0 Å². The second-order valence-electron chi connectivity index (χ2n) is 8.48. The summed E-state index contributed by atoms with van der Waals surface area (Å²) in [6.45, 7) is 4.43. The zero-order valence-electron chi connectivity index (χ0n) is 19.7.